The summed E-state index contributed by atoms with van der Waals surface area (Å²) in [5, 5.41) is 2.96. The van der Waals surface area contributed by atoms with Crippen LogP contribution in [0.1, 0.15) is 57.6 Å². The van der Waals surface area contributed by atoms with Crippen molar-refractivity contribution >= 4 is 11.8 Å². The fourth-order valence-electron chi connectivity index (χ4n) is 3.26. The second-order valence-electron chi connectivity index (χ2n) is 7.42. The first-order valence-electron chi connectivity index (χ1n) is 9.67. The average Bonchev–Trinajstić information content (AvgIpc) is 3.13. The summed E-state index contributed by atoms with van der Waals surface area (Å²) in [7, 11) is 0. The number of nitrogens with one attached hydrogen (secondary N) is 1. The Morgan fingerprint density at radius 3 is 2.24 bits per heavy atom. The van der Waals surface area contributed by atoms with E-state index in [-0.39, 0.29) is 17.7 Å². The normalized spacial score (nSPS) is 15.4. The van der Waals surface area contributed by atoms with Gasteiger partial charge in [-0.1, -0.05) is 51.5 Å². The van der Waals surface area contributed by atoms with Gasteiger partial charge in [0.15, 0.2) is 0 Å². The molecule has 4 nitrogen and oxygen atoms in total. The van der Waals surface area contributed by atoms with E-state index in [0.29, 0.717) is 6.42 Å². The van der Waals surface area contributed by atoms with Crippen molar-refractivity contribution in [3.63, 3.8) is 0 Å². The third kappa shape index (κ3) is 5.87. The van der Waals surface area contributed by atoms with Gasteiger partial charge < -0.3 is 10.2 Å². The Bertz CT molecular complexity index is 560. The Balaban J connectivity index is 1.91. The molecule has 1 saturated heterocycles. The highest BCUT2D eigenvalue weighted by atomic mass is 16.2. The molecule has 1 aromatic carbocycles. The number of rotatable bonds is 8. The standard InChI is InChI=1S/C21H32N2O2/c1-4-5-8-17-9-11-18(12-10-17)15-19(24)22-20(16(2)3)21(25)23-13-6-7-14-23/h9-12,16,20H,4-8,13-15H2,1-3H3,(H,22,24)/t20-/m0/s1. The van der Waals surface area contributed by atoms with Gasteiger partial charge in [-0.2, -0.15) is 0 Å². The lowest BCUT2D eigenvalue weighted by molar-refractivity contribution is -0.136. The largest absolute Gasteiger partial charge is 0.344 e. The fraction of sp³-hybridized carbons (Fsp3) is 0.619. The Labute approximate surface area is 152 Å². The van der Waals surface area contributed by atoms with E-state index in [4.69, 9.17) is 0 Å². The van der Waals surface area contributed by atoms with E-state index >= 15 is 0 Å². The van der Waals surface area contributed by atoms with Crippen LogP contribution in [-0.2, 0) is 22.4 Å². The van der Waals surface area contributed by atoms with Crippen molar-refractivity contribution in [1.29, 1.82) is 0 Å². The summed E-state index contributed by atoms with van der Waals surface area (Å²) in [6.07, 6.45) is 5.91. The topological polar surface area (TPSA) is 49.4 Å². The maximum atomic E-state index is 12.6. The maximum absolute atomic E-state index is 12.6. The number of likely N-dealkylation sites (tertiary alicyclic amines) is 1. The molecule has 0 spiro atoms. The lowest BCUT2D eigenvalue weighted by Crippen LogP contribution is -2.50. The van der Waals surface area contributed by atoms with Crippen molar-refractivity contribution in [2.45, 2.75) is 65.3 Å². The van der Waals surface area contributed by atoms with Crippen molar-refractivity contribution in [2.24, 2.45) is 5.92 Å². The molecule has 0 unspecified atom stereocenters. The average molecular weight is 344 g/mol. The van der Waals surface area contributed by atoms with Crippen LogP contribution >= 0.6 is 0 Å². The molecule has 1 aliphatic rings. The summed E-state index contributed by atoms with van der Waals surface area (Å²) in [5.41, 5.74) is 2.31. The third-order valence-corrected chi connectivity index (χ3v) is 4.87. The number of amides is 2. The Morgan fingerprint density at radius 2 is 1.68 bits per heavy atom. The van der Waals surface area contributed by atoms with Crippen molar-refractivity contribution in [2.75, 3.05) is 13.1 Å². The molecule has 0 aromatic heterocycles. The van der Waals surface area contributed by atoms with Crippen LogP contribution in [0.2, 0.25) is 0 Å². The van der Waals surface area contributed by atoms with Gasteiger partial charge >= 0.3 is 0 Å². The van der Waals surface area contributed by atoms with Crippen LogP contribution in [0.4, 0.5) is 0 Å². The van der Waals surface area contributed by atoms with Crippen LogP contribution in [-0.4, -0.2) is 35.8 Å². The van der Waals surface area contributed by atoms with Gasteiger partial charge in [0, 0.05) is 13.1 Å². The van der Waals surface area contributed by atoms with E-state index in [9.17, 15) is 9.59 Å². The van der Waals surface area contributed by atoms with Crippen molar-refractivity contribution < 1.29 is 9.59 Å². The molecule has 0 radical (unpaired) electrons. The summed E-state index contributed by atoms with van der Waals surface area (Å²) >= 11 is 0. The summed E-state index contributed by atoms with van der Waals surface area (Å²) in [4.78, 5) is 26.9. The zero-order valence-corrected chi connectivity index (χ0v) is 15.9. The second kappa shape index (κ2) is 9.59. The van der Waals surface area contributed by atoms with E-state index in [1.54, 1.807) is 0 Å². The van der Waals surface area contributed by atoms with E-state index in [1.165, 1.54) is 18.4 Å². The first kappa shape index (κ1) is 19.5. The van der Waals surface area contributed by atoms with Crippen LogP contribution in [0, 0.1) is 5.92 Å². The number of carbonyl (C=O) groups is 2. The van der Waals surface area contributed by atoms with Gasteiger partial charge in [-0.05, 0) is 42.7 Å². The number of unbranched alkanes of at least 4 members (excludes halogenated alkanes) is 1. The zero-order chi connectivity index (χ0) is 18.2. The molecule has 1 atom stereocenters. The highest BCUT2D eigenvalue weighted by Crippen LogP contribution is 2.14. The zero-order valence-electron chi connectivity index (χ0n) is 15.9. The van der Waals surface area contributed by atoms with Crippen molar-refractivity contribution in [1.82, 2.24) is 10.2 Å². The quantitative estimate of drug-likeness (QED) is 0.786. The smallest absolute Gasteiger partial charge is 0.245 e. The van der Waals surface area contributed by atoms with E-state index in [1.807, 2.05) is 30.9 Å². The van der Waals surface area contributed by atoms with Crippen LogP contribution in [0.5, 0.6) is 0 Å². The molecular formula is C21H32N2O2. The molecule has 4 heteroatoms. The van der Waals surface area contributed by atoms with Crippen molar-refractivity contribution in [3.8, 4) is 0 Å². The number of hydrogen-bond donors (Lipinski definition) is 1. The van der Waals surface area contributed by atoms with Crippen LogP contribution in [0.15, 0.2) is 24.3 Å². The Morgan fingerprint density at radius 1 is 1.08 bits per heavy atom. The molecule has 1 heterocycles. The van der Waals surface area contributed by atoms with Gasteiger partial charge in [-0.15, -0.1) is 0 Å². The highest BCUT2D eigenvalue weighted by Gasteiger charge is 2.29. The fourth-order valence-corrected chi connectivity index (χ4v) is 3.26. The van der Waals surface area contributed by atoms with E-state index < -0.39 is 6.04 Å². The molecule has 2 rings (SSSR count). The summed E-state index contributed by atoms with van der Waals surface area (Å²) in [6, 6.07) is 7.84. The molecule has 1 fully saturated rings. The van der Waals surface area contributed by atoms with Crippen LogP contribution in [0.3, 0.4) is 0 Å². The molecule has 1 aliphatic heterocycles. The van der Waals surface area contributed by atoms with E-state index in [0.717, 1.165) is 37.9 Å². The van der Waals surface area contributed by atoms with E-state index in [2.05, 4.69) is 24.4 Å². The summed E-state index contributed by atoms with van der Waals surface area (Å²) in [6.45, 7) is 7.80. The summed E-state index contributed by atoms with van der Waals surface area (Å²) in [5.74, 6) is 0.0804. The molecule has 2 amide bonds. The minimum atomic E-state index is -0.422. The predicted octanol–water partition coefficient (Wildman–Crippen LogP) is 3.33. The second-order valence-corrected chi connectivity index (χ2v) is 7.42. The van der Waals surface area contributed by atoms with Crippen molar-refractivity contribution in [3.05, 3.63) is 35.4 Å². The Kier molecular flexibility index (Phi) is 7.48. The first-order chi connectivity index (χ1) is 12.0. The van der Waals surface area contributed by atoms with Gasteiger partial charge in [-0.25, -0.2) is 0 Å². The third-order valence-electron chi connectivity index (χ3n) is 4.87. The summed E-state index contributed by atoms with van der Waals surface area (Å²) < 4.78 is 0. The Hall–Kier alpha value is -1.84. The molecule has 1 aromatic rings. The first-order valence-corrected chi connectivity index (χ1v) is 9.67. The molecule has 1 N–H and O–H groups in total. The molecule has 0 aliphatic carbocycles. The lowest BCUT2D eigenvalue weighted by Gasteiger charge is -2.26. The molecule has 25 heavy (non-hydrogen) atoms. The lowest BCUT2D eigenvalue weighted by atomic mass is 10.0. The maximum Gasteiger partial charge on any atom is 0.245 e. The van der Waals surface area contributed by atoms with Gasteiger partial charge in [0.05, 0.1) is 6.42 Å². The predicted molar refractivity (Wildman–Crippen MR) is 101 cm³/mol. The number of hydrogen-bond acceptors (Lipinski definition) is 2. The van der Waals surface area contributed by atoms with Crippen LogP contribution in [0.25, 0.3) is 0 Å². The molecule has 0 saturated carbocycles. The number of carbonyl (C=O) groups excluding carboxylic acids is 2. The molecule has 0 bridgehead atoms. The number of nitrogens with zero attached hydrogens (tertiary/aromatic N) is 1. The van der Waals surface area contributed by atoms with Gasteiger partial charge in [-0.3, -0.25) is 9.59 Å². The minimum absolute atomic E-state index is 0.0655. The highest BCUT2D eigenvalue weighted by molar-refractivity contribution is 5.88. The molecular weight excluding hydrogens is 312 g/mol. The van der Waals surface area contributed by atoms with Gasteiger partial charge in [0.2, 0.25) is 11.8 Å². The minimum Gasteiger partial charge on any atom is -0.344 e. The SMILES string of the molecule is CCCCc1ccc(CC(=O)N[C@H](C(=O)N2CCCC2)C(C)C)cc1. The number of aryl methyl sites for hydroxylation is 1. The number of benzene rings is 1. The molecule has 138 valence electrons. The monoisotopic (exact) mass is 344 g/mol. The van der Waals surface area contributed by atoms with Gasteiger partial charge in [0.1, 0.15) is 6.04 Å². The van der Waals surface area contributed by atoms with Gasteiger partial charge in [0.25, 0.3) is 0 Å². The van der Waals surface area contributed by atoms with Crippen LogP contribution < -0.4 is 5.32 Å².